The molecule has 0 unspecified atom stereocenters. The summed E-state index contributed by atoms with van der Waals surface area (Å²) in [4.78, 5) is 1.27. The molecular formula is C11H9ClS. The predicted molar refractivity (Wildman–Crippen MR) is 59.5 cm³/mol. The van der Waals surface area contributed by atoms with Crippen LogP contribution < -0.4 is 0 Å². The zero-order chi connectivity index (χ0) is 9.26. The van der Waals surface area contributed by atoms with Crippen molar-refractivity contribution in [2.75, 3.05) is 0 Å². The highest BCUT2D eigenvalue weighted by Gasteiger charge is 2.05. The number of aryl methyl sites for hydroxylation is 1. The van der Waals surface area contributed by atoms with Crippen LogP contribution in [0.15, 0.2) is 35.7 Å². The minimum absolute atomic E-state index is 0.827. The van der Waals surface area contributed by atoms with Crippen molar-refractivity contribution in [3.63, 3.8) is 0 Å². The van der Waals surface area contributed by atoms with Crippen LogP contribution in [0.2, 0.25) is 5.02 Å². The zero-order valence-electron chi connectivity index (χ0n) is 7.25. The molecule has 13 heavy (non-hydrogen) atoms. The van der Waals surface area contributed by atoms with E-state index in [1.807, 2.05) is 18.2 Å². The third-order valence-electron chi connectivity index (χ3n) is 1.98. The summed E-state index contributed by atoms with van der Waals surface area (Å²) in [5.41, 5.74) is 2.43. The van der Waals surface area contributed by atoms with Crippen molar-refractivity contribution in [3.05, 3.63) is 46.3 Å². The number of halogens is 1. The number of rotatable bonds is 1. The van der Waals surface area contributed by atoms with E-state index in [4.69, 9.17) is 11.6 Å². The lowest BCUT2D eigenvalue weighted by molar-refractivity contribution is 1.54. The second-order valence-corrected chi connectivity index (χ2v) is 4.24. The molecule has 2 heteroatoms. The number of hydrogen-bond donors (Lipinski definition) is 0. The minimum atomic E-state index is 0.827. The molecular weight excluding hydrogens is 200 g/mol. The van der Waals surface area contributed by atoms with Gasteiger partial charge in [-0.2, -0.15) is 0 Å². The van der Waals surface area contributed by atoms with Gasteiger partial charge < -0.3 is 0 Å². The van der Waals surface area contributed by atoms with Gasteiger partial charge in [-0.05, 0) is 30.0 Å². The van der Waals surface area contributed by atoms with Crippen molar-refractivity contribution >= 4 is 22.9 Å². The number of benzene rings is 1. The first-order valence-corrected chi connectivity index (χ1v) is 5.34. The lowest BCUT2D eigenvalue weighted by Crippen LogP contribution is -1.76. The van der Waals surface area contributed by atoms with Crippen LogP contribution in [-0.2, 0) is 0 Å². The largest absolute Gasteiger partial charge is 0.143 e. The molecule has 0 aliphatic rings. The van der Waals surface area contributed by atoms with Crippen LogP contribution in [0.1, 0.15) is 5.56 Å². The topological polar surface area (TPSA) is 0 Å². The van der Waals surface area contributed by atoms with Crippen molar-refractivity contribution in [3.8, 4) is 10.4 Å². The SMILES string of the molecule is Cc1ccsc1-c1ccccc1Cl. The normalized spacial score (nSPS) is 10.3. The molecule has 0 saturated carbocycles. The van der Waals surface area contributed by atoms with Gasteiger partial charge in [0, 0.05) is 15.5 Å². The smallest absolute Gasteiger partial charge is 0.0492 e. The Balaban J connectivity index is 2.59. The van der Waals surface area contributed by atoms with Crippen LogP contribution in [-0.4, -0.2) is 0 Å². The van der Waals surface area contributed by atoms with Crippen LogP contribution in [0.3, 0.4) is 0 Å². The Bertz CT molecular complexity index is 418. The Morgan fingerprint density at radius 1 is 1.15 bits per heavy atom. The second kappa shape index (κ2) is 3.52. The van der Waals surface area contributed by atoms with Crippen molar-refractivity contribution in [2.45, 2.75) is 6.92 Å². The van der Waals surface area contributed by atoms with Crippen molar-refractivity contribution in [1.29, 1.82) is 0 Å². The maximum Gasteiger partial charge on any atom is 0.0492 e. The molecule has 0 saturated heterocycles. The maximum absolute atomic E-state index is 6.09. The second-order valence-electron chi connectivity index (χ2n) is 2.91. The molecule has 1 aromatic carbocycles. The first-order chi connectivity index (χ1) is 6.29. The summed E-state index contributed by atoms with van der Waals surface area (Å²) in [6, 6.07) is 10.1. The Hall–Kier alpha value is -0.790. The quantitative estimate of drug-likeness (QED) is 0.653. The van der Waals surface area contributed by atoms with Crippen LogP contribution >= 0.6 is 22.9 Å². The van der Waals surface area contributed by atoms with Gasteiger partial charge in [-0.25, -0.2) is 0 Å². The zero-order valence-corrected chi connectivity index (χ0v) is 8.82. The fourth-order valence-electron chi connectivity index (χ4n) is 1.29. The lowest BCUT2D eigenvalue weighted by Gasteiger charge is -2.01. The van der Waals surface area contributed by atoms with E-state index in [2.05, 4.69) is 24.4 Å². The highest BCUT2D eigenvalue weighted by atomic mass is 35.5. The van der Waals surface area contributed by atoms with Crippen LogP contribution in [0.25, 0.3) is 10.4 Å². The van der Waals surface area contributed by atoms with E-state index in [-0.39, 0.29) is 0 Å². The van der Waals surface area contributed by atoms with Crippen LogP contribution in [0.4, 0.5) is 0 Å². The van der Waals surface area contributed by atoms with E-state index < -0.39 is 0 Å². The molecule has 0 fully saturated rings. The molecule has 0 radical (unpaired) electrons. The van der Waals surface area contributed by atoms with Gasteiger partial charge in [-0.3, -0.25) is 0 Å². The molecule has 2 aromatic rings. The standard InChI is InChI=1S/C11H9ClS/c1-8-6-7-13-11(8)9-4-2-3-5-10(9)12/h2-7H,1H3. The summed E-state index contributed by atoms with van der Waals surface area (Å²) >= 11 is 7.83. The van der Waals surface area contributed by atoms with E-state index in [9.17, 15) is 0 Å². The molecule has 1 aromatic heterocycles. The van der Waals surface area contributed by atoms with Crippen molar-refractivity contribution in [2.24, 2.45) is 0 Å². The summed E-state index contributed by atoms with van der Waals surface area (Å²) in [5, 5.41) is 2.92. The van der Waals surface area contributed by atoms with Gasteiger partial charge in [-0.1, -0.05) is 29.8 Å². The first kappa shape index (κ1) is 8.79. The molecule has 1 heterocycles. The van der Waals surface area contributed by atoms with Crippen LogP contribution in [0, 0.1) is 6.92 Å². The van der Waals surface area contributed by atoms with Gasteiger partial charge in [0.1, 0.15) is 0 Å². The first-order valence-electron chi connectivity index (χ1n) is 4.08. The van der Waals surface area contributed by atoms with Gasteiger partial charge in [0.05, 0.1) is 0 Å². The third-order valence-corrected chi connectivity index (χ3v) is 3.36. The van der Waals surface area contributed by atoms with Crippen LogP contribution in [0.5, 0.6) is 0 Å². The number of thiophene rings is 1. The molecule has 0 aliphatic carbocycles. The van der Waals surface area contributed by atoms with E-state index in [0.717, 1.165) is 10.6 Å². The highest BCUT2D eigenvalue weighted by Crippen LogP contribution is 2.33. The Labute approximate surface area is 86.8 Å². The summed E-state index contributed by atoms with van der Waals surface area (Å²) in [7, 11) is 0. The van der Waals surface area contributed by atoms with E-state index in [1.54, 1.807) is 11.3 Å². The number of hydrogen-bond acceptors (Lipinski definition) is 1. The molecule has 0 amide bonds. The van der Waals surface area contributed by atoms with E-state index in [1.165, 1.54) is 10.4 Å². The Kier molecular flexibility index (Phi) is 2.38. The summed E-state index contributed by atoms with van der Waals surface area (Å²) in [5.74, 6) is 0. The molecule has 0 bridgehead atoms. The minimum Gasteiger partial charge on any atom is -0.143 e. The monoisotopic (exact) mass is 208 g/mol. The Morgan fingerprint density at radius 2 is 1.92 bits per heavy atom. The third kappa shape index (κ3) is 1.62. The molecule has 0 atom stereocenters. The summed E-state index contributed by atoms with van der Waals surface area (Å²) in [6.45, 7) is 2.11. The van der Waals surface area contributed by atoms with E-state index in [0.29, 0.717) is 0 Å². The van der Waals surface area contributed by atoms with Gasteiger partial charge in [0.15, 0.2) is 0 Å². The average molecular weight is 209 g/mol. The molecule has 2 rings (SSSR count). The van der Waals surface area contributed by atoms with Crippen molar-refractivity contribution in [1.82, 2.24) is 0 Å². The molecule has 66 valence electrons. The highest BCUT2D eigenvalue weighted by molar-refractivity contribution is 7.13. The lowest BCUT2D eigenvalue weighted by atomic mass is 10.1. The van der Waals surface area contributed by atoms with Gasteiger partial charge in [-0.15, -0.1) is 11.3 Å². The van der Waals surface area contributed by atoms with Gasteiger partial charge in [0.2, 0.25) is 0 Å². The molecule has 0 spiro atoms. The molecule has 0 nitrogen and oxygen atoms in total. The maximum atomic E-state index is 6.09. The van der Waals surface area contributed by atoms with Gasteiger partial charge >= 0.3 is 0 Å². The van der Waals surface area contributed by atoms with Gasteiger partial charge in [0.25, 0.3) is 0 Å². The summed E-state index contributed by atoms with van der Waals surface area (Å²) in [6.07, 6.45) is 0. The summed E-state index contributed by atoms with van der Waals surface area (Å²) < 4.78 is 0. The van der Waals surface area contributed by atoms with Crippen molar-refractivity contribution < 1.29 is 0 Å². The fourth-order valence-corrected chi connectivity index (χ4v) is 2.55. The molecule has 0 N–H and O–H groups in total. The molecule has 0 aliphatic heterocycles. The average Bonchev–Trinajstić information content (AvgIpc) is 2.52. The fraction of sp³-hybridized carbons (Fsp3) is 0.0909. The van der Waals surface area contributed by atoms with E-state index >= 15 is 0 Å². The Morgan fingerprint density at radius 3 is 2.54 bits per heavy atom. The predicted octanol–water partition coefficient (Wildman–Crippen LogP) is 4.38.